The number of aliphatic imine (C=N–C) groups is 1. The molecule has 1 saturated heterocycles. The fourth-order valence-electron chi connectivity index (χ4n) is 3.45. The molecule has 14 heteroatoms. The number of likely N-dealkylation sites (tertiary alicyclic amines) is 1. The Kier molecular flexibility index (Phi) is 16.3. The minimum Gasteiger partial charge on any atom is -0.370 e. The van der Waals surface area contributed by atoms with Gasteiger partial charge in [-0.05, 0) is 38.0 Å². The molecule has 0 unspecified atom stereocenters. The molecule has 3 atom stereocenters. The number of guanidine groups is 1. The number of hydrogen-bond acceptors (Lipinski definition) is 6. The molecule has 0 spiro atoms. The Morgan fingerprint density at radius 3 is 2.30 bits per heavy atom. The van der Waals surface area contributed by atoms with Crippen LogP contribution in [0.3, 0.4) is 0 Å². The van der Waals surface area contributed by atoms with Crippen LogP contribution in [0.5, 0.6) is 0 Å². The van der Waals surface area contributed by atoms with Crippen LogP contribution in [-0.2, 0) is 19.2 Å². The number of nitrogens with zero attached hydrogens (tertiary/aromatic N) is 2. The number of primary amides is 1. The summed E-state index contributed by atoms with van der Waals surface area (Å²) in [6, 6.07) is -2.35. The molecule has 1 heterocycles. The lowest BCUT2D eigenvalue weighted by molar-refractivity contribution is -0.142. The lowest BCUT2D eigenvalue weighted by Crippen LogP contribution is -2.56. The van der Waals surface area contributed by atoms with Crippen molar-refractivity contribution in [3.63, 3.8) is 0 Å². The molecule has 33 heavy (non-hydrogen) atoms. The first-order chi connectivity index (χ1) is 14.5. The van der Waals surface area contributed by atoms with Gasteiger partial charge in [0.25, 0.3) is 0 Å². The molecule has 0 aromatic rings. The molecule has 0 aromatic carbocycles. The average molecular weight is 513 g/mol. The molecular weight excluding hydrogens is 475 g/mol. The van der Waals surface area contributed by atoms with Crippen LogP contribution in [0, 0.1) is 5.92 Å². The van der Waals surface area contributed by atoms with Crippen LogP contribution >= 0.6 is 24.8 Å². The molecule has 0 saturated carbocycles. The van der Waals surface area contributed by atoms with E-state index in [1.807, 2.05) is 13.8 Å². The number of rotatable bonds is 12. The van der Waals surface area contributed by atoms with Crippen molar-refractivity contribution < 1.29 is 19.2 Å². The van der Waals surface area contributed by atoms with Gasteiger partial charge in [0.05, 0.1) is 12.6 Å². The van der Waals surface area contributed by atoms with Crippen molar-refractivity contribution in [1.29, 1.82) is 0 Å². The van der Waals surface area contributed by atoms with E-state index in [0.717, 1.165) is 0 Å². The molecule has 1 fully saturated rings. The Hall–Kier alpha value is -2.31. The van der Waals surface area contributed by atoms with Crippen LogP contribution in [0.4, 0.5) is 0 Å². The number of carbonyl (C=O) groups excluding carboxylic acids is 4. The molecule has 0 aromatic heterocycles. The number of nitrogens with one attached hydrogen (secondary N) is 2. The molecule has 1 aliphatic rings. The van der Waals surface area contributed by atoms with Crippen LogP contribution in [0.25, 0.3) is 0 Å². The highest BCUT2D eigenvalue weighted by Crippen LogP contribution is 2.20. The van der Waals surface area contributed by atoms with Gasteiger partial charge in [0.2, 0.25) is 23.6 Å². The number of amides is 4. The zero-order valence-electron chi connectivity index (χ0n) is 19.1. The molecule has 0 bridgehead atoms. The van der Waals surface area contributed by atoms with Gasteiger partial charge in [-0.1, -0.05) is 13.8 Å². The zero-order chi connectivity index (χ0) is 23.6. The van der Waals surface area contributed by atoms with Crippen molar-refractivity contribution in [2.45, 2.75) is 64.1 Å². The largest absolute Gasteiger partial charge is 0.370 e. The van der Waals surface area contributed by atoms with Gasteiger partial charge >= 0.3 is 0 Å². The van der Waals surface area contributed by atoms with Crippen molar-refractivity contribution >= 4 is 54.4 Å². The molecule has 4 amide bonds. The number of halogens is 2. The predicted octanol–water partition coefficient (Wildman–Crippen LogP) is -1.67. The third kappa shape index (κ3) is 11.9. The fourth-order valence-corrected chi connectivity index (χ4v) is 3.45. The van der Waals surface area contributed by atoms with Gasteiger partial charge in [-0.25, -0.2) is 0 Å². The van der Waals surface area contributed by atoms with E-state index in [-0.39, 0.29) is 55.6 Å². The molecular formula is C19H38Cl2N8O4. The Morgan fingerprint density at radius 1 is 1.12 bits per heavy atom. The van der Waals surface area contributed by atoms with Gasteiger partial charge in [-0.2, -0.15) is 0 Å². The monoisotopic (exact) mass is 512 g/mol. The van der Waals surface area contributed by atoms with Gasteiger partial charge in [-0.15, -0.1) is 24.8 Å². The van der Waals surface area contributed by atoms with Crippen molar-refractivity contribution in [3.8, 4) is 0 Å². The van der Waals surface area contributed by atoms with Crippen molar-refractivity contribution in [3.05, 3.63) is 0 Å². The smallest absolute Gasteiger partial charge is 0.245 e. The van der Waals surface area contributed by atoms with Crippen molar-refractivity contribution in [2.75, 3.05) is 19.6 Å². The maximum Gasteiger partial charge on any atom is 0.245 e. The lowest BCUT2D eigenvalue weighted by Gasteiger charge is -2.29. The third-order valence-corrected chi connectivity index (χ3v) is 4.90. The standard InChI is InChI=1S/C19H36N8O4.2ClH/c1-11(2)9-12(20)16(29)26-13(5-3-7-24-19(22)23)18(31)27-8-4-6-14(27)17(30)25-10-15(21)28;;/h11-14H,3-10,20H2,1-2H3,(H2,21,28)(H,25,30)(H,26,29)(H4,22,23,24);2*1H/t12-,13-,14-;;/m0../s1. The first kappa shape index (κ1) is 32.9. The van der Waals surface area contributed by atoms with E-state index in [0.29, 0.717) is 38.8 Å². The van der Waals surface area contributed by atoms with Gasteiger partial charge in [0.1, 0.15) is 12.1 Å². The van der Waals surface area contributed by atoms with E-state index in [1.165, 1.54) is 4.90 Å². The Bertz CT molecular complexity index is 689. The summed E-state index contributed by atoms with van der Waals surface area (Å²) in [5.41, 5.74) is 21.7. The van der Waals surface area contributed by atoms with Crippen LogP contribution in [0.2, 0.25) is 0 Å². The van der Waals surface area contributed by atoms with Crippen LogP contribution < -0.4 is 33.6 Å². The van der Waals surface area contributed by atoms with Gasteiger partial charge in [0.15, 0.2) is 5.96 Å². The predicted molar refractivity (Wildman–Crippen MR) is 131 cm³/mol. The van der Waals surface area contributed by atoms with Crippen molar-refractivity contribution in [2.24, 2.45) is 33.8 Å². The minimum absolute atomic E-state index is 0. The zero-order valence-corrected chi connectivity index (χ0v) is 20.8. The first-order valence-electron chi connectivity index (χ1n) is 10.5. The summed E-state index contributed by atoms with van der Waals surface area (Å²) in [6.45, 7) is 4.25. The summed E-state index contributed by atoms with van der Waals surface area (Å²) in [5, 5.41) is 5.16. The number of hydrogen-bond donors (Lipinski definition) is 6. The van der Waals surface area contributed by atoms with E-state index in [2.05, 4.69) is 15.6 Å². The molecule has 1 rings (SSSR count). The Balaban J connectivity index is 0. The lowest BCUT2D eigenvalue weighted by atomic mass is 10.0. The maximum absolute atomic E-state index is 13.2. The molecule has 12 nitrogen and oxygen atoms in total. The van der Waals surface area contributed by atoms with E-state index in [4.69, 9.17) is 22.9 Å². The average Bonchev–Trinajstić information content (AvgIpc) is 3.16. The SMILES string of the molecule is CC(C)C[C@H](N)C(=O)N[C@@H](CCCN=C(N)N)C(=O)N1CCC[C@H]1C(=O)NCC(N)=O.Cl.Cl. The van der Waals surface area contributed by atoms with Crippen LogP contribution in [0.1, 0.15) is 46.0 Å². The summed E-state index contributed by atoms with van der Waals surface area (Å²) >= 11 is 0. The van der Waals surface area contributed by atoms with E-state index in [9.17, 15) is 19.2 Å². The number of nitrogens with two attached hydrogens (primary N) is 4. The summed E-state index contributed by atoms with van der Waals surface area (Å²) in [7, 11) is 0. The molecule has 10 N–H and O–H groups in total. The molecule has 192 valence electrons. The van der Waals surface area contributed by atoms with Gasteiger partial charge in [0, 0.05) is 13.1 Å². The Morgan fingerprint density at radius 2 is 1.76 bits per heavy atom. The summed E-state index contributed by atoms with van der Waals surface area (Å²) in [6.07, 6.45) is 2.28. The quantitative estimate of drug-likeness (QED) is 0.101. The second kappa shape index (κ2) is 16.3. The second-order valence-electron chi connectivity index (χ2n) is 8.12. The van der Waals surface area contributed by atoms with E-state index < -0.39 is 35.8 Å². The third-order valence-electron chi connectivity index (χ3n) is 4.90. The highest BCUT2D eigenvalue weighted by Gasteiger charge is 2.37. The van der Waals surface area contributed by atoms with Gasteiger partial charge in [-0.3, -0.25) is 24.2 Å². The summed E-state index contributed by atoms with van der Waals surface area (Å²) in [5.74, 6) is -1.78. The highest BCUT2D eigenvalue weighted by molar-refractivity contribution is 5.94. The van der Waals surface area contributed by atoms with Crippen LogP contribution in [0.15, 0.2) is 4.99 Å². The minimum atomic E-state index is -0.871. The van der Waals surface area contributed by atoms with Crippen molar-refractivity contribution in [1.82, 2.24) is 15.5 Å². The van der Waals surface area contributed by atoms with Crippen LogP contribution in [-0.4, -0.2) is 72.2 Å². The van der Waals surface area contributed by atoms with E-state index >= 15 is 0 Å². The first-order valence-corrected chi connectivity index (χ1v) is 10.5. The number of carbonyl (C=O) groups is 4. The second-order valence-corrected chi connectivity index (χ2v) is 8.12. The Labute approximate surface area is 206 Å². The maximum atomic E-state index is 13.2. The normalized spacial score (nSPS) is 16.6. The molecule has 0 aliphatic carbocycles. The molecule has 0 radical (unpaired) electrons. The highest BCUT2D eigenvalue weighted by atomic mass is 35.5. The summed E-state index contributed by atoms with van der Waals surface area (Å²) < 4.78 is 0. The molecule has 1 aliphatic heterocycles. The van der Waals surface area contributed by atoms with Gasteiger partial charge < -0.3 is 38.5 Å². The fraction of sp³-hybridized carbons (Fsp3) is 0.737. The van der Waals surface area contributed by atoms with E-state index in [1.54, 1.807) is 0 Å². The topological polar surface area (TPSA) is 212 Å². The summed E-state index contributed by atoms with van der Waals surface area (Å²) in [4.78, 5) is 54.4.